The summed E-state index contributed by atoms with van der Waals surface area (Å²) < 4.78 is 7.20. The molecular weight excluding hydrogens is 374 g/mol. The molecule has 0 radical (unpaired) electrons. The second-order valence-corrected chi connectivity index (χ2v) is 7.07. The molecule has 2 aromatic heterocycles. The van der Waals surface area contributed by atoms with Crippen LogP contribution in [0.5, 0.6) is 5.75 Å². The normalized spacial score (nSPS) is 11.1. The molecule has 4 aromatic rings. The van der Waals surface area contributed by atoms with E-state index in [2.05, 4.69) is 15.5 Å². The molecule has 0 aliphatic heterocycles. The van der Waals surface area contributed by atoms with Gasteiger partial charge in [0.05, 0.1) is 23.9 Å². The molecule has 0 aliphatic rings. The van der Waals surface area contributed by atoms with Gasteiger partial charge in [-0.1, -0.05) is 36.9 Å². The number of anilines is 1. The number of aryl methyl sites for hydroxylation is 1. The Morgan fingerprint density at radius 1 is 1.18 bits per heavy atom. The number of carbonyl (C=O) groups is 1. The van der Waals surface area contributed by atoms with Crippen molar-refractivity contribution in [2.45, 2.75) is 18.4 Å². The highest BCUT2D eigenvalue weighted by Crippen LogP contribution is 2.26. The molecule has 1 amide bonds. The number of fused-ring (bicyclic) bond motifs is 3. The molecule has 0 atom stereocenters. The number of ether oxygens (including phenoxy) is 1. The average Bonchev–Trinajstić information content (AvgIpc) is 3.17. The van der Waals surface area contributed by atoms with E-state index in [1.54, 1.807) is 13.2 Å². The minimum absolute atomic E-state index is 0.124. The predicted molar refractivity (Wildman–Crippen MR) is 110 cm³/mol. The van der Waals surface area contributed by atoms with Crippen LogP contribution in [-0.2, 0) is 11.2 Å². The van der Waals surface area contributed by atoms with Gasteiger partial charge >= 0.3 is 0 Å². The van der Waals surface area contributed by atoms with Gasteiger partial charge in [-0.05, 0) is 24.3 Å². The molecule has 7 nitrogen and oxygen atoms in total. The van der Waals surface area contributed by atoms with Gasteiger partial charge in [-0.15, -0.1) is 10.2 Å². The van der Waals surface area contributed by atoms with E-state index in [1.807, 2.05) is 53.8 Å². The summed E-state index contributed by atoms with van der Waals surface area (Å²) in [5.41, 5.74) is 3.18. The molecule has 0 bridgehead atoms. The fourth-order valence-electron chi connectivity index (χ4n) is 2.97. The third-order valence-corrected chi connectivity index (χ3v) is 5.23. The van der Waals surface area contributed by atoms with Crippen LogP contribution in [0, 0.1) is 0 Å². The highest BCUT2D eigenvalue weighted by Gasteiger charge is 2.15. The predicted octanol–water partition coefficient (Wildman–Crippen LogP) is 3.58. The number of aromatic nitrogens is 4. The van der Waals surface area contributed by atoms with Crippen LogP contribution in [0.1, 0.15) is 12.7 Å². The fourth-order valence-corrected chi connectivity index (χ4v) is 3.74. The van der Waals surface area contributed by atoms with E-state index in [0.29, 0.717) is 22.1 Å². The summed E-state index contributed by atoms with van der Waals surface area (Å²) in [6.07, 6.45) is 0.760. The van der Waals surface area contributed by atoms with Gasteiger partial charge in [0.2, 0.25) is 5.91 Å². The van der Waals surface area contributed by atoms with Gasteiger partial charge in [0.15, 0.2) is 5.65 Å². The van der Waals surface area contributed by atoms with Crippen LogP contribution >= 0.6 is 11.8 Å². The molecule has 28 heavy (non-hydrogen) atoms. The lowest BCUT2D eigenvalue weighted by Gasteiger charge is -2.09. The molecule has 4 rings (SSSR count). The van der Waals surface area contributed by atoms with Crippen LogP contribution in [0.3, 0.4) is 0 Å². The second-order valence-electron chi connectivity index (χ2n) is 6.10. The lowest BCUT2D eigenvalue weighted by molar-refractivity contribution is -0.113. The van der Waals surface area contributed by atoms with E-state index < -0.39 is 0 Å². The zero-order valence-electron chi connectivity index (χ0n) is 15.5. The van der Waals surface area contributed by atoms with Crippen molar-refractivity contribution in [1.82, 2.24) is 19.6 Å². The number of hydrogen-bond donors (Lipinski definition) is 1. The summed E-state index contributed by atoms with van der Waals surface area (Å²) in [6.45, 7) is 2.04. The number of nitrogens with zero attached hydrogens (tertiary/aromatic N) is 4. The molecule has 2 aromatic carbocycles. The third-order valence-electron chi connectivity index (χ3n) is 4.28. The number of rotatable bonds is 6. The van der Waals surface area contributed by atoms with Crippen molar-refractivity contribution in [1.29, 1.82) is 0 Å². The van der Waals surface area contributed by atoms with Crippen LogP contribution in [0.15, 0.2) is 53.6 Å². The number of thioether (sulfide) groups is 1. The molecular formula is C20H19N5O2S. The summed E-state index contributed by atoms with van der Waals surface area (Å²) in [7, 11) is 1.59. The smallest absolute Gasteiger partial charge is 0.234 e. The van der Waals surface area contributed by atoms with Crippen molar-refractivity contribution in [2.75, 3.05) is 18.2 Å². The van der Waals surface area contributed by atoms with E-state index in [1.165, 1.54) is 11.8 Å². The van der Waals surface area contributed by atoms with Gasteiger partial charge in [-0.2, -0.15) is 0 Å². The minimum atomic E-state index is -0.124. The first-order valence-corrected chi connectivity index (χ1v) is 9.87. The number of hydrogen-bond acceptors (Lipinski definition) is 6. The lowest BCUT2D eigenvalue weighted by atomic mass is 10.3. The van der Waals surface area contributed by atoms with Gasteiger partial charge in [0.1, 0.15) is 16.6 Å². The zero-order chi connectivity index (χ0) is 19.5. The van der Waals surface area contributed by atoms with Crippen molar-refractivity contribution < 1.29 is 9.53 Å². The van der Waals surface area contributed by atoms with Crippen molar-refractivity contribution in [3.05, 3.63) is 54.4 Å². The van der Waals surface area contributed by atoms with E-state index in [-0.39, 0.29) is 11.7 Å². The molecule has 0 unspecified atom stereocenters. The second kappa shape index (κ2) is 7.85. The maximum absolute atomic E-state index is 12.4. The third kappa shape index (κ3) is 3.50. The Morgan fingerprint density at radius 2 is 2.04 bits per heavy atom. The zero-order valence-corrected chi connectivity index (χ0v) is 16.4. The highest BCUT2D eigenvalue weighted by atomic mass is 32.2. The van der Waals surface area contributed by atoms with Gasteiger partial charge in [-0.3, -0.25) is 9.20 Å². The van der Waals surface area contributed by atoms with Crippen molar-refractivity contribution >= 4 is 40.0 Å². The molecule has 0 saturated carbocycles. The minimum Gasteiger partial charge on any atom is -0.497 e. The maximum Gasteiger partial charge on any atom is 0.234 e. The van der Waals surface area contributed by atoms with E-state index in [4.69, 9.17) is 9.72 Å². The Bertz CT molecular complexity index is 1160. The number of methoxy groups -OCH3 is 1. The van der Waals surface area contributed by atoms with E-state index in [9.17, 15) is 4.79 Å². The molecule has 1 N–H and O–H groups in total. The number of carbonyl (C=O) groups excluding carboxylic acids is 1. The van der Waals surface area contributed by atoms with Crippen LogP contribution < -0.4 is 10.1 Å². The molecule has 8 heteroatoms. The van der Waals surface area contributed by atoms with Crippen LogP contribution in [0.25, 0.3) is 16.7 Å². The number of para-hydroxylation sites is 2. The first-order chi connectivity index (χ1) is 13.7. The monoisotopic (exact) mass is 393 g/mol. The molecule has 2 heterocycles. The Hall–Kier alpha value is -3.13. The van der Waals surface area contributed by atoms with E-state index >= 15 is 0 Å². The summed E-state index contributed by atoms with van der Waals surface area (Å²) in [5, 5.41) is 12.2. The molecule has 0 saturated heterocycles. The lowest BCUT2D eigenvalue weighted by Crippen LogP contribution is -2.14. The quantitative estimate of drug-likeness (QED) is 0.504. The van der Waals surface area contributed by atoms with Crippen molar-refractivity contribution in [2.24, 2.45) is 0 Å². The Balaban J connectivity index is 1.58. The number of nitrogens with one attached hydrogen (secondary N) is 1. The van der Waals surface area contributed by atoms with Gasteiger partial charge in [-0.25, -0.2) is 4.98 Å². The van der Waals surface area contributed by atoms with E-state index in [0.717, 1.165) is 23.3 Å². The topological polar surface area (TPSA) is 81.4 Å². The average molecular weight is 393 g/mol. The van der Waals surface area contributed by atoms with Crippen LogP contribution in [-0.4, -0.2) is 38.4 Å². The Kier molecular flexibility index (Phi) is 5.12. The molecule has 0 fully saturated rings. The van der Waals surface area contributed by atoms with Gasteiger partial charge in [0, 0.05) is 18.2 Å². The molecule has 0 spiro atoms. The Labute approximate surface area is 166 Å². The van der Waals surface area contributed by atoms with Gasteiger partial charge < -0.3 is 10.1 Å². The summed E-state index contributed by atoms with van der Waals surface area (Å²) >= 11 is 1.35. The SMILES string of the molecule is CCc1nnc2c(SCC(=O)Nc3cccc(OC)c3)nc3ccccc3n12. The summed E-state index contributed by atoms with van der Waals surface area (Å²) in [4.78, 5) is 17.1. The largest absolute Gasteiger partial charge is 0.497 e. The van der Waals surface area contributed by atoms with Crippen LogP contribution in [0.4, 0.5) is 5.69 Å². The highest BCUT2D eigenvalue weighted by molar-refractivity contribution is 8.00. The molecule has 0 aliphatic carbocycles. The first kappa shape index (κ1) is 18.2. The maximum atomic E-state index is 12.4. The number of benzene rings is 2. The first-order valence-electron chi connectivity index (χ1n) is 8.89. The molecule has 142 valence electrons. The standard InChI is InChI=1S/C20H19N5O2S/c1-3-17-23-24-19-20(22-15-9-4-5-10-16(15)25(17)19)28-12-18(26)21-13-7-6-8-14(11-13)27-2/h4-11H,3,12H2,1-2H3,(H,21,26). The Morgan fingerprint density at radius 3 is 2.86 bits per heavy atom. The fraction of sp³-hybridized carbons (Fsp3) is 0.200. The van der Waals surface area contributed by atoms with Crippen LogP contribution in [0.2, 0.25) is 0 Å². The number of amides is 1. The van der Waals surface area contributed by atoms with Crippen molar-refractivity contribution in [3.8, 4) is 5.75 Å². The van der Waals surface area contributed by atoms with Gasteiger partial charge in [0.25, 0.3) is 0 Å². The summed E-state index contributed by atoms with van der Waals surface area (Å²) in [6, 6.07) is 15.1. The van der Waals surface area contributed by atoms with Crippen molar-refractivity contribution in [3.63, 3.8) is 0 Å². The summed E-state index contributed by atoms with van der Waals surface area (Å²) in [5.74, 6) is 1.66.